The van der Waals surface area contributed by atoms with E-state index in [0.717, 1.165) is 68.7 Å². The number of alkyl halides is 2. The first kappa shape index (κ1) is 87.0. The second-order valence-electron chi connectivity index (χ2n) is 26.2. The van der Waals surface area contributed by atoms with Crippen LogP contribution in [-0.4, -0.2) is 113 Å². The smallest absolute Gasteiger partial charge is 0.270 e. The lowest BCUT2D eigenvalue weighted by molar-refractivity contribution is 0.0172. The van der Waals surface area contributed by atoms with Gasteiger partial charge in [-0.3, -0.25) is 33.9 Å². The fourth-order valence-corrected chi connectivity index (χ4v) is 13.9. The van der Waals surface area contributed by atoms with Crippen molar-refractivity contribution in [3.05, 3.63) is 341 Å². The van der Waals surface area contributed by atoms with Crippen molar-refractivity contribution in [3.63, 3.8) is 0 Å². The summed E-state index contributed by atoms with van der Waals surface area (Å²) in [5, 5.41) is 6.09. The van der Waals surface area contributed by atoms with E-state index in [0.29, 0.717) is 85.3 Å². The van der Waals surface area contributed by atoms with Crippen molar-refractivity contribution in [3.8, 4) is 34.5 Å². The molecular weight excluding hydrogens is 1630 g/mol. The highest BCUT2D eigenvalue weighted by molar-refractivity contribution is 7.11. The fourth-order valence-electron chi connectivity index (χ4n) is 10.9. The number of carbonyl (C=O) groups excluding carboxylic acids is 5. The number of anilines is 4. The van der Waals surface area contributed by atoms with Crippen LogP contribution in [0.15, 0.2) is 238 Å². The number of aromatic nitrogens is 14. The van der Waals surface area contributed by atoms with E-state index in [1.54, 1.807) is 134 Å². The molecule has 0 aliphatic heterocycles. The molecule has 15 aromatic rings. The lowest BCUT2D eigenvalue weighted by atomic mass is 10.0. The summed E-state index contributed by atoms with van der Waals surface area (Å²) in [7, 11) is 3.49. The molecule has 0 aliphatic rings. The topological polar surface area (TPSA) is 300 Å². The molecule has 0 atom stereocenters. The average molecular weight is 1700 g/mol. The van der Waals surface area contributed by atoms with Gasteiger partial charge in [-0.2, -0.15) is 4.39 Å². The molecule has 0 saturated carbocycles. The third-order valence-corrected chi connectivity index (χ3v) is 20.3. The fraction of sp³-hybridized carbons (Fsp3) is 0.151. The maximum Gasteiger partial charge on any atom is 0.270 e. The molecule has 0 aliphatic carbocycles. The maximum atomic E-state index is 14.0. The Morgan fingerprint density at radius 3 is 1.41 bits per heavy atom. The van der Waals surface area contributed by atoms with Gasteiger partial charge in [0, 0.05) is 124 Å². The van der Waals surface area contributed by atoms with E-state index in [1.165, 1.54) is 104 Å². The zero-order valence-corrected chi connectivity index (χ0v) is 68.1. The first-order chi connectivity index (χ1) is 57.7. The molecule has 34 heteroatoms. The molecule has 15 rings (SSSR count). The Morgan fingerprint density at radius 2 is 0.892 bits per heavy atom. The summed E-state index contributed by atoms with van der Waals surface area (Å²) in [5.41, 5.74) is 6.29. The molecule has 0 N–H and O–H groups in total. The number of rotatable bonds is 26. The van der Waals surface area contributed by atoms with Crippen molar-refractivity contribution in [2.24, 2.45) is 0 Å². The number of benzene rings is 5. The van der Waals surface area contributed by atoms with Gasteiger partial charge in [0.2, 0.25) is 0 Å². The van der Waals surface area contributed by atoms with Crippen molar-refractivity contribution >= 4 is 97.0 Å². The number of ketones is 5. The normalized spacial score (nSPS) is 10.7. The van der Waals surface area contributed by atoms with E-state index in [9.17, 15) is 50.3 Å². The monoisotopic (exact) mass is 1700 g/mol. The van der Waals surface area contributed by atoms with Crippen LogP contribution >= 0.6 is 45.3 Å². The number of pyridine rings is 2. The summed E-state index contributed by atoms with van der Waals surface area (Å²) in [6.07, 6.45) is 26.3. The molecule has 0 bridgehead atoms. The second kappa shape index (κ2) is 41.8. The van der Waals surface area contributed by atoms with Crippen LogP contribution in [0.3, 0.4) is 0 Å². The molecule has 0 saturated heterocycles. The molecule has 0 spiro atoms. The molecule has 608 valence electrons. The molecule has 0 amide bonds. The summed E-state index contributed by atoms with van der Waals surface area (Å²) in [4.78, 5) is 122. The Bertz CT molecular complexity index is 5970. The zero-order chi connectivity index (χ0) is 85.2. The average Bonchev–Trinajstić information content (AvgIpc) is 1.11. The van der Waals surface area contributed by atoms with Gasteiger partial charge in [-0.05, 0) is 136 Å². The van der Waals surface area contributed by atoms with Gasteiger partial charge in [-0.25, -0.2) is 81.8 Å². The molecular formula is C86H70F6N16O8S4. The number of hydrogen-bond donors (Lipinski definition) is 0. The number of carbonyl (C=O) groups is 5. The Labute approximate surface area is 699 Å². The van der Waals surface area contributed by atoms with Crippen molar-refractivity contribution in [2.75, 3.05) is 23.9 Å². The number of hydrogen-bond acceptors (Lipinski definition) is 28. The molecule has 10 aromatic heterocycles. The van der Waals surface area contributed by atoms with Gasteiger partial charge in [0.05, 0.1) is 105 Å². The van der Waals surface area contributed by atoms with Gasteiger partial charge in [-0.1, -0.05) is 23.5 Å². The van der Waals surface area contributed by atoms with Crippen LogP contribution in [0.1, 0.15) is 112 Å². The highest BCUT2D eigenvalue weighted by Crippen LogP contribution is 2.32. The summed E-state index contributed by atoms with van der Waals surface area (Å²) in [6, 6.07) is 30.5. The maximum absolute atomic E-state index is 14.0. The van der Waals surface area contributed by atoms with Crippen LogP contribution in [0, 0.1) is 50.3 Å². The lowest BCUT2D eigenvalue weighted by Crippen LogP contribution is -2.12. The van der Waals surface area contributed by atoms with Crippen LogP contribution in [0.25, 0.3) is 0 Å². The summed E-state index contributed by atoms with van der Waals surface area (Å²) in [5.74, 6) is -2.87. The SMILES string of the molecule is CC(F)(F)c1ccnc(CC(=O)c2cc(F)cc(Oc3cncnc3)c2)c1.CN(c1cncnc1)c1cc(F)cc(C(=O)Cc2nccs2)c1.Cc1cc(Oc2cncnc2)cc(C(=O)Cc2ncc(C)s2)c1.Cc1csc(CC(=O)c2cccc(Oc3cccnc3)c2)n1.Cc1nc(CC(=O)c2cc(F)cc(N(C)c3cncnc3)c2)sc1F. The van der Waals surface area contributed by atoms with Gasteiger partial charge in [0.25, 0.3) is 5.92 Å². The largest absolute Gasteiger partial charge is 0.456 e. The Hall–Kier alpha value is -13.8. The number of aryl methyl sites for hydroxylation is 4. The van der Waals surface area contributed by atoms with Gasteiger partial charge >= 0.3 is 0 Å². The van der Waals surface area contributed by atoms with Gasteiger partial charge in [0.1, 0.15) is 85.8 Å². The molecule has 5 aromatic carbocycles. The minimum Gasteiger partial charge on any atom is -0.456 e. The van der Waals surface area contributed by atoms with E-state index < -0.39 is 34.3 Å². The number of ether oxygens (including phenoxy) is 3. The van der Waals surface area contributed by atoms with Crippen molar-refractivity contribution in [1.82, 2.24) is 69.8 Å². The first-order valence-corrected chi connectivity index (χ1v) is 39.4. The highest BCUT2D eigenvalue weighted by Gasteiger charge is 2.26. The lowest BCUT2D eigenvalue weighted by Gasteiger charge is -2.19. The third-order valence-electron chi connectivity index (χ3n) is 16.7. The van der Waals surface area contributed by atoms with Crippen molar-refractivity contribution in [1.29, 1.82) is 0 Å². The zero-order valence-electron chi connectivity index (χ0n) is 64.9. The molecule has 24 nitrogen and oxygen atoms in total. The molecule has 0 fully saturated rings. The summed E-state index contributed by atoms with van der Waals surface area (Å²) < 4.78 is 98.8. The third kappa shape index (κ3) is 26.3. The van der Waals surface area contributed by atoms with E-state index in [1.807, 2.05) is 61.9 Å². The van der Waals surface area contributed by atoms with Gasteiger partial charge in [-0.15, -0.1) is 34.0 Å². The Kier molecular flexibility index (Phi) is 30.3. The van der Waals surface area contributed by atoms with Gasteiger partial charge < -0.3 is 24.0 Å². The van der Waals surface area contributed by atoms with E-state index in [4.69, 9.17) is 14.2 Å². The summed E-state index contributed by atoms with van der Waals surface area (Å²) >= 11 is 5.28. The molecule has 0 unspecified atom stereocenters. The van der Waals surface area contributed by atoms with Crippen LogP contribution in [0.2, 0.25) is 0 Å². The summed E-state index contributed by atoms with van der Waals surface area (Å²) in [6.45, 7) is 8.13. The minimum atomic E-state index is -3.04. The number of thiazole rings is 4. The van der Waals surface area contributed by atoms with Crippen molar-refractivity contribution in [2.45, 2.75) is 72.6 Å². The van der Waals surface area contributed by atoms with Crippen LogP contribution in [-0.2, 0) is 38.0 Å². The number of halogens is 6. The Morgan fingerprint density at radius 1 is 0.400 bits per heavy atom. The number of nitrogens with zero attached hydrogens (tertiary/aromatic N) is 16. The van der Waals surface area contributed by atoms with Crippen LogP contribution in [0.5, 0.6) is 34.5 Å². The molecule has 10 heterocycles. The van der Waals surface area contributed by atoms with Crippen LogP contribution < -0.4 is 24.0 Å². The van der Waals surface area contributed by atoms with E-state index in [2.05, 4.69) is 69.8 Å². The number of Topliss-reactive ketones (excluding diaryl/α,β-unsaturated/α-hetero) is 5. The standard InChI is InChI=1S/C19H14F3N3O2.C17H14F2N4OS.C17H15N3O2S.C17H14N2O2S.C16H13FN4OS/c1-19(21,22)13-2-3-25-15(6-13)8-18(26)12-4-14(20)7-16(5-12)27-17-9-23-11-24-10-17;1-10-17(19)25-16(22-10)6-15(24)11-3-12(18)5-13(4-11)23(2)14-7-20-9-21-8-14;1-11-3-13(16(21)6-17-20-7-12(2)23-17)5-14(4-11)22-15-8-18-10-19-9-15;1-12-11-22-17(19-12)9-16(20)13-4-2-5-14(8-13)21-15-6-3-7-18-10-15;1-21(14-8-18-10-19-9-14)13-5-11(4-12(17)6-13)15(22)7-16-20-2-3-23-16/h2-7,9-11H,8H2,1H3;3-5,7-9H,6H2,1-2H3;3-5,7-10H,6H2,1-2H3;2-8,10-11H,9H2,1H3;2-6,8-10H,7H2,1H3. The molecule has 120 heavy (non-hydrogen) atoms. The van der Waals surface area contributed by atoms with Crippen molar-refractivity contribution < 1.29 is 64.5 Å². The molecule has 0 radical (unpaired) electrons. The predicted molar refractivity (Wildman–Crippen MR) is 442 cm³/mol. The quantitative estimate of drug-likeness (QED) is 0.0359. The Balaban J connectivity index is 0.000000147. The van der Waals surface area contributed by atoms with Crippen LogP contribution in [0.4, 0.5) is 49.1 Å². The van der Waals surface area contributed by atoms with Gasteiger partial charge in [0.15, 0.2) is 45.5 Å². The van der Waals surface area contributed by atoms with E-state index in [-0.39, 0.29) is 82.0 Å². The van der Waals surface area contributed by atoms with E-state index >= 15 is 0 Å². The minimum absolute atomic E-state index is 0.0252. The second-order valence-corrected chi connectivity index (χ2v) is 30.4. The predicted octanol–water partition coefficient (Wildman–Crippen LogP) is 19.2. The highest BCUT2D eigenvalue weighted by atomic mass is 32.1. The first-order valence-electron chi connectivity index (χ1n) is 36.1.